The number of benzene rings is 2. The van der Waals surface area contributed by atoms with Gasteiger partial charge in [0, 0.05) is 11.5 Å². The highest BCUT2D eigenvalue weighted by atomic mass is 32.2. The maximum Gasteiger partial charge on any atom is 0.146 e. The van der Waals surface area contributed by atoms with E-state index in [1.807, 2.05) is 36.4 Å². The van der Waals surface area contributed by atoms with Crippen LogP contribution in [0, 0.1) is 5.92 Å². The van der Waals surface area contributed by atoms with Gasteiger partial charge in [-0.05, 0) is 17.0 Å². The average Bonchev–Trinajstić information content (AvgIpc) is 2.57. The normalized spacial score (nSPS) is 11.6. The first-order valence-corrected chi connectivity index (χ1v) is 9.45. The second-order valence-electron chi connectivity index (χ2n) is 5.54. The minimum absolute atomic E-state index is 0.285. The van der Waals surface area contributed by atoms with Gasteiger partial charge in [-0.25, -0.2) is 0 Å². The summed E-state index contributed by atoms with van der Waals surface area (Å²) in [5, 5.41) is 0. The molecule has 0 saturated carbocycles. The van der Waals surface area contributed by atoms with Crippen LogP contribution >= 0.6 is 23.5 Å². The summed E-state index contributed by atoms with van der Waals surface area (Å²) < 4.78 is -0.397. The van der Waals surface area contributed by atoms with Gasteiger partial charge in [-0.3, -0.25) is 0 Å². The van der Waals surface area contributed by atoms with E-state index in [4.69, 9.17) is 0 Å². The Morgan fingerprint density at radius 3 is 1.59 bits per heavy atom. The maximum absolute atomic E-state index is 11.9. The molecule has 0 aliphatic heterocycles. The van der Waals surface area contributed by atoms with Crippen LogP contribution in [0.25, 0.3) is 0 Å². The lowest BCUT2D eigenvalue weighted by atomic mass is 10.1. The van der Waals surface area contributed by atoms with E-state index >= 15 is 0 Å². The number of hydrogen-bond acceptors (Lipinski definition) is 3. The molecular weight excluding hydrogens is 308 g/mol. The molecular formula is C19H22OS2. The summed E-state index contributed by atoms with van der Waals surface area (Å²) in [7, 11) is 0. The van der Waals surface area contributed by atoms with Gasteiger partial charge in [0.05, 0.1) is 0 Å². The molecule has 1 nitrogen and oxygen atoms in total. The van der Waals surface area contributed by atoms with Gasteiger partial charge in [0.1, 0.15) is 10.4 Å². The third-order valence-corrected chi connectivity index (χ3v) is 7.28. The van der Waals surface area contributed by atoms with Gasteiger partial charge < -0.3 is 4.79 Å². The molecule has 0 N–H and O–H groups in total. The number of thioether (sulfide) groups is 2. The molecule has 2 aromatic rings. The van der Waals surface area contributed by atoms with Gasteiger partial charge in [0.2, 0.25) is 0 Å². The van der Waals surface area contributed by atoms with Crippen molar-refractivity contribution in [2.75, 3.05) is 0 Å². The van der Waals surface area contributed by atoms with E-state index in [1.54, 1.807) is 23.5 Å². The van der Waals surface area contributed by atoms with E-state index in [2.05, 4.69) is 38.1 Å². The second kappa shape index (κ2) is 8.44. The zero-order valence-corrected chi connectivity index (χ0v) is 14.7. The SMILES string of the molecule is CC(C)C(C=O)(SCc1ccccc1)SCc1ccccc1. The number of rotatable bonds is 8. The molecule has 0 radical (unpaired) electrons. The smallest absolute Gasteiger partial charge is 0.146 e. The molecule has 0 spiro atoms. The van der Waals surface area contributed by atoms with Gasteiger partial charge >= 0.3 is 0 Å². The van der Waals surface area contributed by atoms with E-state index in [0.717, 1.165) is 17.8 Å². The van der Waals surface area contributed by atoms with Crippen LogP contribution in [-0.2, 0) is 16.3 Å². The molecule has 0 unspecified atom stereocenters. The van der Waals surface area contributed by atoms with Crippen LogP contribution in [0.5, 0.6) is 0 Å². The minimum Gasteiger partial charge on any atom is -0.301 e. The molecule has 0 amide bonds. The van der Waals surface area contributed by atoms with Crippen molar-refractivity contribution in [2.24, 2.45) is 5.92 Å². The van der Waals surface area contributed by atoms with Crippen LogP contribution in [-0.4, -0.2) is 10.4 Å². The average molecular weight is 331 g/mol. The fraction of sp³-hybridized carbons (Fsp3) is 0.316. The van der Waals surface area contributed by atoms with E-state index in [0.29, 0.717) is 0 Å². The zero-order chi connectivity index (χ0) is 15.8. The Labute approximate surface area is 141 Å². The summed E-state index contributed by atoms with van der Waals surface area (Å²) in [5.41, 5.74) is 2.53. The lowest BCUT2D eigenvalue weighted by Crippen LogP contribution is -2.29. The number of hydrogen-bond donors (Lipinski definition) is 0. The molecule has 0 aliphatic carbocycles. The van der Waals surface area contributed by atoms with Gasteiger partial charge in [-0.2, -0.15) is 0 Å². The van der Waals surface area contributed by atoms with Gasteiger partial charge in [-0.15, -0.1) is 23.5 Å². The molecule has 0 saturated heterocycles. The Bertz CT molecular complexity index is 523. The first-order chi connectivity index (χ1) is 10.7. The predicted octanol–water partition coefficient (Wildman–Crippen LogP) is 5.40. The molecule has 22 heavy (non-hydrogen) atoms. The highest BCUT2D eigenvalue weighted by Gasteiger charge is 2.34. The summed E-state index contributed by atoms with van der Waals surface area (Å²) in [6.45, 7) is 4.26. The van der Waals surface area contributed by atoms with Crippen molar-refractivity contribution in [3.8, 4) is 0 Å². The molecule has 3 heteroatoms. The maximum atomic E-state index is 11.9. The fourth-order valence-corrected chi connectivity index (χ4v) is 4.78. The van der Waals surface area contributed by atoms with Crippen LogP contribution in [0.1, 0.15) is 25.0 Å². The Morgan fingerprint density at radius 1 is 0.864 bits per heavy atom. The minimum atomic E-state index is -0.397. The van der Waals surface area contributed by atoms with Crippen LogP contribution < -0.4 is 0 Å². The zero-order valence-electron chi connectivity index (χ0n) is 13.1. The molecule has 0 fully saturated rings. The van der Waals surface area contributed by atoms with Gasteiger partial charge in [-0.1, -0.05) is 74.5 Å². The second-order valence-corrected chi connectivity index (χ2v) is 8.31. The standard InChI is InChI=1S/C19H22OS2/c1-16(2)19(15-20,21-13-17-9-5-3-6-10-17)22-14-18-11-7-4-8-12-18/h3-12,15-16H,13-14H2,1-2H3. The number of aldehydes is 1. The molecule has 0 heterocycles. The predicted molar refractivity (Wildman–Crippen MR) is 99.1 cm³/mol. The third-order valence-electron chi connectivity index (χ3n) is 3.58. The monoisotopic (exact) mass is 330 g/mol. The number of carbonyl (C=O) groups excluding carboxylic acids is 1. The lowest BCUT2D eigenvalue weighted by Gasteiger charge is -2.31. The van der Waals surface area contributed by atoms with Crippen molar-refractivity contribution in [1.29, 1.82) is 0 Å². The Hall–Kier alpha value is -1.19. The van der Waals surface area contributed by atoms with Gasteiger partial charge in [0.15, 0.2) is 0 Å². The highest BCUT2D eigenvalue weighted by Crippen LogP contribution is 2.44. The first kappa shape index (κ1) is 17.2. The summed E-state index contributed by atoms with van der Waals surface area (Å²) in [6.07, 6.45) is 1.14. The lowest BCUT2D eigenvalue weighted by molar-refractivity contribution is -0.108. The van der Waals surface area contributed by atoms with Crippen molar-refractivity contribution < 1.29 is 4.79 Å². The van der Waals surface area contributed by atoms with Crippen LogP contribution in [0.3, 0.4) is 0 Å². The molecule has 0 atom stereocenters. The number of carbonyl (C=O) groups is 1. The topological polar surface area (TPSA) is 17.1 Å². The molecule has 2 rings (SSSR count). The summed E-state index contributed by atoms with van der Waals surface area (Å²) in [6, 6.07) is 20.7. The Morgan fingerprint density at radius 2 is 1.27 bits per heavy atom. The quantitative estimate of drug-likeness (QED) is 0.476. The molecule has 116 valence electrons. The van der Waals surface area contributed by atoms with E-state index < -0.39 is 4.08 Å². The summed E-state index contributed by atoms with van der Waals surface area (Å²) in [4.78, 5) is 11.9. The summed E-state index contributed by atoms with van der Waals surface area (Å²) >= 11 is 3.49. The van der Waals surface area contributed by atoms with Crippen LogP contribution in [0.2, 0.25) is 0 Å². The fourth-order valence-electron chi connectivity index (χ4n) is 2.12. The van der Waals surface area contributed by atoms with Crippen molar-refractivity contribution in [3.05, 3.63) is 71.8 Å². The van der Waals surface area contributed by atoms with E-state index in [9.17, 15) is 4.79 Å². The molecule has 0 aromatic heterocycles. The van der Waals surface area contributed by atoms with Gasteiger partial charge in [0.25, 0.3) is 0 Å². The Kier molecular flexibility index (Phi) is 6.59. The largest absolute Gasteiger partial charge is 0.301 e. The van der Waals surface area contributed by atoms with E-state index in [-0.39, 0.29) is 5.92 Å². The van der Waals surface area contributed by atoms with Crippen molar-refractivity contribution >= 4 is 29.8 Å². The third kappa shape index (κ3) is 4.65. The molecule has 0 aliphatic rings. The Balaban J connectivity index is 2.05. The first-order valence-electron chi connectivity index (χ1n) is 7.48. The van der Waals surface area contributed by atoms with Crippen LogP contribution in [0.4, 0.5) is 0 Å². The van der Waals surface area contributed by atoms with E-state index in [1.165, 1.54) is 11.1 Å². The highest BCUT2D eigenvalue weighted by molar-refractivity contribution is 8.18. The van der Waals surface area contributed by atoms with Crippen molar-refractivity contribution in [1.82, 2.24) is 0 Å². The van der Waals surface area contributed by atoms with Crippen molar-refractivity contribution in [2.45, 2.75) is 29.4 Å². The van der Waals surface area contributed by atoms with Crippen LogP contribution in [0.15, 0.2) is 60.7 Å². The summed E-state index contributed by atoms with van der Waals surface area (Å²) in [5.74, 6) is 2.01. The molecule has 2 aromatic carbocycles. The van der Waals surface area contributed by atoms with Crippen molar-refractivity contribution in [3.63, 3.8) is 0 Å². The molecule has 0 bridgehead atoms.